The van der Waals surface area contributed by atoms with Crippen molar-refractivity contribution >= 4 is 10.2 Å². The number of halogens is 1. The fourth-order valence-electron chi connectivity index (χ4n) is 4.18. The lowest BCUT2D eigenvalue weighted by atomic mass is 9.96. The minimum atomic E-state index is -3.66. The van der Waals surface area contributed by atoms with E-state index < -0.39 is 10.2 Å². The number of nitrogens with zero attached hydrogens (tertiary/aromatic N) is 2. The van der Waals surface area contributed by atoms with Gasteiger partial charge in [0.2, 0.25) is 0 Å². The predicted octanol–water partition coefficient (Wildman–Crippen LogP) is 2.10. The number of hydrogen-bond donors (Lipinski definition) is 1. The van der Waals surface area contributed by atoms with E-state index in [9.17, 15) is 12.8 Å². The molecule has 0 aliphatic carbocycles. The van der Waals surface area contributed by atoms with Crippen LogP contribution in [0.5, 0.6) is 5.75 Å². The van der Waals surface area contributed by atoms with E-state index in [2.05, 4.69) is 0 Å². The van der Waals surface area contributed by atoms with Crippen molar-refractivity contribution in [3.05, 3.63) is 65.5 Å². The summed E-state index contributed by atoms with van der Waals surface area (Å²) in [6.45, 7) is 2.43. The lowest BCUT2D eigenvalue weighted by molar-refractivity contribution is 0.0693. The van der Waals surface area contributed by atoms with E-state index in [1.54, 1.807) is 16.4 Å². The van der Waals surface area contributed by atoms with Crippen LogP contribution in [-0.2, 0) is 21.5 Å². The Labute approximate surface area is 182 Å². The van der Waals surface area contributed by atoms with Crippen LogP contribution in [-0.4, -0.2) is 62.5 Å². The molecule has 4 rings (SSSR count). The van der Waals surface area contributed by atoms with Gasteiger partial charge < -0.3 is 15.2 Å². The maximum atomic E-state index is 13.4. The van der Waals surface area contributed by atoms with Gasteiger partial charge in [0, 0.05) is 26.2 Å². The van der Waals surface area contributed by atoms with Gasteiger partial charge in [-0.05, 0) is 47.7 Å². The zero-order valence-electron chi connectivity index (χ0n) is 17.3. The molecule has 0 radical (unpaired) electrons. The molecule has 2 atom stereocenters. The first-order valence-electron chi connectivity index (χ1n) is 10.5. The van der Waals surface area contributed by atoms with E-state index in [1.165, 1.54) is 16.4 Å². The highest BCUT2D eigenvalue weighted by Gasteiger charge is 2.43. The van der Waals surface area contributed by atoms with Gasteiger partial charge in [0.25, 0.3) is 10.2 Å². The van der Waals surface area contributed by atoms with Crippen molar-refractivity contribution in [1.29, 1.82) is 0 Å². The lowest BCUT2D eigenvalue weighted by Crippen LogP contribution is -2.51. The monoisotopic (exact) mass is 449 g/mol. The molecule has 2 aromatic carbocycles. The molecule has 0 saturated carbocycles. The average molecular weight is 450 g/mol. The Morgan fingerprint density at radius 2 is 1.87 bits per heavy atom. The third-order valence-electron chi connectivity index (χ3n) is 5.87. The molecule has 2 saturated heterocycles. The minimum Gasteiger partial charge on any atom is -0.492 e. The molecule has 0 spiro atoms. The van der Waals surface area contributed by atoms with Crippen molar-refractivity contribution in [1.82, 2.24) is 8.61 Å². The predicted molar refractivity (Wildman–Crippen MR) is 115 cm³/mol. The quantitative estimate of drug-likeness (QED) is 0.700. The van der Waals surface area contributed by atoms with Crippen molar-refractivity contribution in [2.24, 2.45) is 5.73 Å². The van der Waals surface area contributed by atoms with Gasteiger partial charge in [0.1, 0.15) is 18.2 Å². The first-order valence-corrected chi connectivity index (χ1v) is 11.9. The molecule has 0 amide bonds. The van der Waals surface area contributed by atoms with Crippen LogP contribution in [0.4, 0.5) is 4.39 Å². The van der Waals surface area contributed by atoms with E-state index in [0.717, 1.165) is 11.1 Å². The van der Waals surface area contributed by atoms with Crippen molar-refractivity contribution in [3.63, 3.8) is 0 Å². The lowest BCUT2D eigenvalue weighted by Gasteiger charge is -2.32. The smallest absolute Gasteiger partial charge is 0.282 e. The molecule has 2 aromatic rings. The van der Waals surface area contributed by atoms with E-state index >= 15 is 0 Å². The van der Waals surface area contributed by atoms with Crippen LogP contribution in [0.2, 0.25) is 0 Å². The van der Waals surface area contributed by atoms with Gasteiger partial charge in [0.05, 0.1) is 19.3 Å². The van der Waals surface area contributed by atoms with Crippen LogP contribution >= 0.6 is 0 Å². The molecule has 9 heteroatoms. The van der Waals surface area contributed by atoms with Crippen molar-refractivity contribution in [3.8, 4) is 5.75 Å². The Bertz CT molecular complexity index is 981. The second kappa shape index (κ2) is 9.62. The zero-order chi connectivity index (χ0) is 21.8. The first kappa shape index (κ1) is 22.2. The summed E-state index contributed by atoms with van der Waals surface area (Å²) in [5, 5.41) is 0. The zero-order valence-corrected chi connectivity index (χ0v) is 18.1. The highest BCUT2D eigenvalue weighted by atomic mass is 32.2. The van der Waals surface area contributed by atoms with Crippen molar-refractivity contribution in [2.45, 2.75) is 24.9 Å². The maximum absolute atomic E-state index is 13.4. The number of nitrogens with two attached hydrogens (primary N) is 1. The molecule has 168 valence electrons. The number of ether oxygens (including phenoxy) is 2. The van der Waals surface area contributed by atoms with Gasteiger partial charge in [-0.25, -0.2) is 4.39 Å². The van der Waals surface area contributed by atoms with Crippen LogP contribution in [0.25, 0.3) is 0 Å². The summed E-state index contributed by atoms with van der Waals surface area (Å²) in [6.07, 6.45) is 0.603. The standard InChI is InChI=1S/C22H28FN3O4S/c23-20-6-4-18(5-7-20)19-13-21(16-30-22-3-1-2-17(12-22)14-24)26(15-19)31(27,28)25-8-10-29-11-9-25/h1-7,12,19,21H,8-11,13-16,24H2. The summed E-state index contributed by atoms with van der Waals surface area (Å²) in [5.74, 6) is 0.330. The second-order valence-electron chi connectivity index (χ2n) is 7.89. The normalized spacial score (nSPS) is 23.2. The van der Waals surface area contributed by atoms with Crippen LogP contribution in [0.1, 0.15) is 23.5 Å². The molecule has 2 unspecified atom stereocenters. The molecule has 2 aliphatic rings. The summed E-state index contributed by atoms with van der Waals surface area (Å²) < 4.78 is 54.5. The molecule has 0 bridgehead atoms. The second-order valence-corrected chi connectivity index (χ2v) is 9.77. The number of morpholine rings is 1. The number of rotatable bonds is 7. The third kappa shape index (κ3) is 5.07. The fourth-order valence-corrected chi connectivity index (χ4v) is 5.98. The summed E-state index contributed by atoms with van der Waals surface area (Å²) in [7, 11) is -3.66. The summed E-state index contributed by atoms with van der Waals surface area (Å²) in [4.78, 5) is 0. The van der Waals surface area contributed by atoms with Gasteiger partial charge in [-0.2, -0.15) is 17.0 Å². The van der Waals surface area contributed by atoms with Gasteiger partial charge in [0.15, 0.2) is 0 Å². The highest BCUT2D eigenvalue weighted by molar-refractivity contribution is 7.86. The summed E-state index contributed by atoms with van der Waals surface area (Å²) in [6, 6.07) is 13.5. The van der Waals surface area contributed by atoms with Crippen molar-refractivity contribution < 1.29 is 22.3 Å². The Morgan fingerprint density at radius 1 is 1.13 bits per heavy atom. The Kier molecular flexibility index (Phi) is 6.88. The molecule has 2 aliphatic heterocycles. The molecule has 0 aromatic heterocycles. The van der Waals surface area contributed by atoms with E-state index in [-0.39, 0.29) is 24.4 Å². The SMILES string of the molecule is NCc1cccc(OCC2CC(c3ccc(F)cc3)CN2S(=O)(=O)N2CCOCC2)c1. The van der Waals surface area contributed by atoms with Crippen LogP contribution < -0.4 is 10.5 Å². The first-order chi connectivity index (χ1) is 15.0. The molecular formula is C22H28FN3O4S. The number of benzene rings is 2. The van der Waals surface area contributed by atoms with Crippen LogP contribution in [0.3, 0.4) is 0 Å². The molecule has 2 N–H and O–H groups in total. The molecule has 2 heterocycles. The van der Waals surface area contributed by atoms with E-state index in [0.29, 0.717) is 51.6 Å². The van der Waals surface area contributed by atoms with E-state index in [4.69, 9.17) is 15.2 Å². The molecular weight excluding hydrogens is 421 g/mol. The van der Waals surface area contributed by atoms with Crippen LogP contribution in [0.15, 0.2) is 48.5 Å². The minimum absolute atomic E-state index is 0.0274. The van der Waals surface area contributed by atoms with Gasteiger partial charge in [-0.15, -0.1) is 0 Å². The highest BCUT2D eigenvalue weighted by Crippen LogP contribution is 2.35. The molecule has 2 fully saturated rings. The molecule has 7 nitrogen and oxygen atoms in total. The summed E-state index contributed by atoms with van der Waals surface area (Å²) >= 11 is 0. The maximum Gasteiger partial charge on any atom is 0.282 e. The van der Waals surface area contributed by atoms with Crippen LogP contribution in [0, 0.1) is 5.82 Å². The van der Waals surface area contributed by atoms with Gasteiger partial charge in [-0.3, -0.25) is 0 Å². The Morgan fingerprint density at radius 3 is 2.58 bits per heavy atom. The molecule has 31 heavy (non-hydrogen) atoms. The van der Waals surface area contributed by atoms with Crippen molar-refractivity contribution in [2.75, 3.05) is 39.5 Å². The Balaban J connectivity index is 1.55. The van der Waals surface area contributed by atoms with Gasteiger partial charge >= 0.3 is 0 Å². The average Bonchev–Trinajstić information content (AvgIpc) is 3.24. The number of hydrogen-bond acceptors (Lipinski definition) is 5. The topological polar surface area (TPSA) is 85.1 Å². The largest absolute Gasteiger partial charge is 0.492 e. The fraction of sp³-hybridized carbons (Fsp3) is 0.455. The Hall–Kier alpha value is -2.04. The van der Waals surface area contributed by atoms with E-state index in [1.807, 2.05) is 24.3 Å². The summed E-state index contributed by atoms with van der Waals surface area (Å²) in [5.41, 5.74) is 7.58. The third-order valence-corrected chi connectivity index (χ3v) is 7.93. The van der Waals surface area contributed by atoms with Gasteiger partial charge in [-0.1, -0.05) is 24.3 Å².